The van der Waals surface area contributed by atoms with Crippen molar-refractivity contribution in [2.24, 2.45) is 0 Å². The van der Waals surface area contributed by atoms with E-state index in [-0.39, 0.29) is 5.91 Å². The third kappa shape index (κ3) is 5.13. The zero-order chi connectivity index (χ0) is 16.7. The molecule has 0 bridgehead atoms. The second-order valence-electron chi connectivity index (χ2n) is 6.13. The highest BCUT2D eigenvalue weighted by atomic mass is 16.1. The van der Waals surface area contributed by atoms with Gasteiger partial charge in [-0.2, -0.15) is 0 Å². The summed E-state index contributed by atoms with van der Waals surface area (Å²) < 4.78 is 0. The Morgan fingerprint density at radius 1 is 1.04 bits per heavy atom. The maximum atomic E-state index is 12.0. The van der Waals surface area contributed by atoms with E-state index in [1.165, 1.54) is 16.8 Å². The number of benzene rings is 2. The van der Waals surface area contributed by atoms with Gasteiger partial charge in [-0.05, 0) is 29.5 Å². The maximum Gasteiger partial charge on any atom is 0.222 e. The Kier molecular flexibility index (Phi) is 6.21. The molecule has 3 nitrogen and oxygen atoms in total. The zero-order valence-corrected chi connectivity index (χ0v) is 14.2. The number of amides is 1. The van der Waals surface area contributed by atoms with Crippen LogP contribution in [0.15, 0.2) is 48.5 Å². The molecule has 122 valence electrons. The van der Waals surface area contributed by atoms with E-state index in [9.17, 15) is 4.79 Å². The number of carbonyl (C=O) groups excluding carboxylic acids is 1. The van der Waals surface area contributed by atoms with Gasteiger partial charge >= 0.3 is 0 Å². The van der Waals surface area contributed by atoms with Crippen LogP contribution in [0.2, 0.25) is 0 Å². The van der Waals surface area contributed by atoms with E-state index >= 15 is 0 Å². The third-order valence-electron chi connectivity index (χ3n) is 3.91. The lowest BCUT2D eigenvalue weighted by molar-refractivity contribution is -0.121. The van der Waals surface area contributed by atoms with E-state index in [1.807, 2.05) is 30.3 Å². The minimum absolute atomic E-state index is 0.0704. The molecule has 0 radical (unpaired) electrons. The van der Waals surface area contributed by atoms with Crippen LogP contribution in [0.5, 0.6) is 0 Å². The molecule has 2 N–H and O–H groups in total. The number of carbonyl (C=O) groups is 1. The van der Waals surface area contributed by atoms with Gasteiger partial charge in [0.2, 0.25) is 5.91 Å². The Hall–Kier alpha value is -2.29. The molecule has 0 aliphatic heterocycles. The summed E-state index contributed by atoms with van der Waals surface area (Å²) in [5, 5.41) is 6.39. The average molecular weight is 310 g/mol. The SMILES string of the molecule is Cc1cccc(C(C)C)c1NCCC(=O)NCc1ccccc1. The Morgan fingerprint density at radius 3 is 2.48 bits per heavy atom. The predicted molar refractivity (Wildman–Crippen MR) is 96.7 cm³/mol. The molecular formula is C20H26N2O. The molecule has 0 atom stereocenters. The lowest BCUT2D eigenvalue weighted by Gasteiger charge is -2.17. The van der Waals surface area contributed by atoms with Crippen LogP contribution in [-0.4, -0.2) is 12.5 Å². The molecule has 0 heterocycles. The quantitative estimate of drug-likeness (QED) is 0.803. The van der Waals surface area contributed by atoms with Crippen molar-refractivity contribution in [3.8, 4) is 0 Å². The topological polar surface area (TPSA) is 41.1 Å². The van der Waals surface area contributed by atoms with Crippen molar-refractivity contribution in [3.05, 3.63) is 65.2 Å². The van der Waals surface area contributed by atoms with Crippen LogP contribution in [0, 0.1) is 6.92 Å². The summed E-state index contributed by atoms with van der Waals surface area (Å²) in [7, 11) is 0. The van der Waals surface area contributed by atoms with Crippen molar-refractivity contribution >= 4 is 11.6 Å². The summed E-state index contributed by atoms with van der Waals surface area (Å²) in [6, 6.07) is 16.3. The van der Waals surface area contributed by atoms with Gasteiger partial charge in [-0.3, -0.25) is 4.79 Å². The minimum atomic E-state index is 0.0704. The number of aryl methyl sites for hydroxylation is 1. The van der Waals surface area contributed by atoms with Crippen molar-refractivity contribution in [1.82, 2.24) is 5.32 Å². The van der Waals surface area contributed by atoms with Gasteiger partial charge in [0.1, 0.15) is 0 Å². The Bertz CT molecular complexity index is 635. The first kappa shape index (κ1) is 17.1. The molecule has 0 unspecified atom stereocenters. The number of para-hydroxylation sites is 1. The standard InChI is InChI=1S/C20H26N2O/c1-15(2)18-11-7-8-16(3)20(18)21-13-12-19(23)22-14-17-9-5-4-6-10-17/h4-11,15,21H,12-14H2,1-3H3,(H,22,23). The van der Waals surface area contributed by atoms with Gasteiger partial charge in [-0.1, -0.05) is 62.4 Å². The molecule has 0 aliphatic rings. The molecule has 2 aromatic rings. The van der Waals surface area contributed by atoms with Crippen molar-refractivity contribution in [2.75, 3.05) is 11.9 Å². The Labute approximate surface area is 139 Å². The molecule has 0 saturated carbocycles. The average Bonchev–Trinajstić information content (AvgIpc) is 2.55. The summed E-state index contributed by atoms with van der Waals surface area (Å²) >= 11 is 0. The minimum Gasteiger partial charge on any atom is -0.384 e. The fourth-order valence-electron chi connectivity index (χ4n) is 2.60. The van der Waals surface area contributed by atoms with Crippen molar-refractivity contribution in [3.63, 3.8) is 0 Å². The lowest BCUT2D eigenvalue weighted by atomic mass is 9.98. The van der Waals surface area contributed by atoms with E-state index in [0.29, 0.717) is 25.4 Å². The highest BCUT2D eigenvalue weighted by Gasteiger charge is 2.09. The van der Waals surface area contributed by atoms with Gasteiger partial charge in [-0.25, -0.2) is 0 Å². The number of hydrogen-bond donors (Lipinski definition) is 2. The zero-order valence-electron chi connectivity index (χ0n) is 14.2. The highest BCUT2D eigenvalue weighted by Crippen LogP contribution is 2.27. The molecule has 0 aromatic heterocycles. The summed E-state index contributed by atoms with van der Waals surface area (Å²) in [4.78, 5) is 12.0. The van der Waals surface area contributed by atoms with Crippen molar-refractivity contribution in [2.45, 2.75) is 39.7 Å². The molecule has 23 heavy (non-hydrogen) atoms. The van der Waals surface area contributed by atoms with E-state index < -0.39 is 0 Å². The molecule has 0 spiro atoms. The summed E-state index contributed by atoms with van der Waals surface area (Å²) in [5.41, 5.74) is 4.81. The number of hydrogen-bond acceptors (Lipinski definition) is 2. The monoisotopic (exact) mass is 310 g/mol. The molecule has 1 amide bonds. The Balaban J connectivity index is 1.82. The second kappa shape index (κ2) is 8.37. The second-order valence-corrected chi connectivity index (χ2v) is 6.13. The van der Waals surface area contributed by atoms with Gasteiger partial charge in [0.05, 0.1) is 0 Å². The van der Waals surface area contributed by atoms with E-state index in [1.54, 1.807) is 0 Å². The first-order chi connectivity index (χ1) is 11.1. The van der Waals surface area contributed by atoms with Gasteiger partial charge in [0, 0.05) is 25.2 Å². The number of nitrogens with one attached hydrogen (secondary N) is 2. The smallest absolute Gasteiger partial charge is 0.222 e. The first-order valence-electron chi connectivity index (χ1n) is 8.22. The molecule has 0 fully saturated rings. The van der Waals surface area contributed by atoms with Gasteiger partial charge in [-0.15, -0.1) is 0 Å². The fraction of sp³-hybridized carbons (Fsp3) is 0.350. The third-order valence-corrected chi connectivity index (χ3v) is 3.91. The largest absolute Gasteiger partial charge is 0.384 e. The first-order valence-corrected chi connectivity index (χ1v) is 8.22. The molecule has 2 rings (SSSR count). The molecule has 3 heteroatoms. The van der Waals surface area contributed by atoms with E-state index in [4.69, 9.17) is 0 Å². The van der Waals surface area contributed by atoms with E-state index in [2.05, 4.69) is 49.6 Å². The maximum absolute atomic E-state index is 12.0. The predicted octanol–water partition coefficient (Wildman–Crippen LogP) is 4.24. The van der Waals surface area contributed by atoms with Gasteiger partial charge in [0.15, 0.2) is 0 Å². The summed E-state index contributed by atoms with van der Waals surface area (Å²) in [6.07, 6.45) is 0.471. The lowest BCUT2D eigenvalue weighted by Crippen LogP contribution is -2.25. The van der Waals surface area contributed by atoms with Crippen LogP contribution in [0.4, 0.5) is 5.69 Å². The summed E-state index contributed by atoms with van der Waals surface area (Å²) in [6.45, 7) is 7.70. The van der Waals surface area contributed by atoms with Crippen LogP contribution < -0.4 is 10.6 Å². The van der Waals surface area contributed by atoms with Crippen LogP contribution in [-0.2, 0) is 11.3 Å². The van der Waals surface area contributed by atoms with E-state index in [0.717, 1.165) is 5.56 Å². The Morgan fingerprint density at radius 2 is 1.78 bits per heavy atom. The molecule has 2 aromatic carbocycles. The number of rotatable bonds is 7. The highest BCUT2D eigenvalue weighted by molar-refractivity contribution is 5.76. The normalized spacial score (nSPS) is 10.6. The van der Waals surface area contributed by atoms with Crippen molar-refractivity contribution < 1.29 is 4.79 Å². The molecule has 0 saturated heterocycles. The van der Waals surface area contributed by atoms with Crippen LogP contribution in [0.1, 0.15) is 42.9 Å². The van der Waals surface area contributed by atoms with Crippen LogP contribution in [0.3, 0.4) is 0 Å². The molecule has 0 aliphatic carbocycles. The molecular weight excluding hydrogens is 284 g/mol. The van der Waals surface area contributed by atoms with Gasteiger partial charge in [0.25, 0.3) is 0 Å². The summed E-state index contributed by atoms with van der Waals surface area (Å²) in [5.74, 6) is 0.533. The fourth-order valence-corrected chi connectivity index (χ4v) is 2.60. The van der Waals surface area contributed by atoms with Crippen molar-refractivity contribution in [1.29, 1.82) is 0 Å². The number of anilines is 1. The van der Waals surface area contributed by atoms with Gasteiger partial charge < -0.3 is 10.6 Å². The van der Waals surface area contributed by atoms with Crippen LogP contribution in [0.25, 0.3) is 0 Å². The van der Waals surface area contributed by atoms with Crippen LogP contribution >= 0.6 is 0 Å².